The van der Waals surface area contributed by atoms with Gasteiger partial charge in [0.25, 0.3) is 11.6 Å². The first-order valence-electron chi connectivity index (χ1n) is 8.17. The van der Waals surface area contributed by atoms with Crippen molar-refractivity contribution in [1.29, 1.82) is 0 Å². The van der Waals surface area contributed by atoms with Crippen LogP contribution in [0.3, 0.4) is 0 Å². The molecule has 0 radical (unpaired) electrons. The van der Waals surface area contributed by atoms with Crippen LogP contribution in [0.4, 0.5) is 11.4 Å². The molecule has 1 aliphatic rings. The summed E-state index contributed by atoms with van der Waals surface area (Å²) < 4.78 is 0. The molecule has 7 nitrogen and oxygen atoms in total. The molecule has 1 aliphatic heterocycles. The number of fused-ring (bicyclic) bond motifs is 1. The molecule has 3 aromatic rings. The van der Waals surface area contributed by atoms with Gasteiger partial charge in [-0.05, 0) is 43.7 Å². The van der Waals surface area contributed by atoms with Crippen LogP contribution in [0.15, 0.2) is 48.5 Å². The molecular formula is C19H16N4O3. The van der Waals surface area contributed by atoms with Crippen LogP contribution in [-0.4, -0.2) is 21.0 Å². The summed E-state index contributed by atoms with van der Waals surface area (Å²) in [7, 11) is 0. The predicted molar refractivity (Wildman–Crippen MR) is 96.3 cm³/mol. The van der Waals surface area contributed by atoms with Gasteiger partial charge in [-0.25, -0.2) is 0 Å². The summed E-state index contributed by atoms with van der Waals surface area (Å²) in [4.78, 5) is 25.2. The fraction of sp³-hybridized carbons (Fsp3) is 0.158. The molecule has 0 bridgehead atoms. The van der Waals surface area contributed by atoms with E-state index in [0.717, 1.165) is 28.1 Å². The van der Waals surface area contributed by atoms with Crippen molar-refractivity contribution >= 4 is 17.3 Å². The largest absolute Gasteiger partial charge is 0.295 e. The van der Waals surface area contributed by atoms with Crippen LogP contribution < -0.4 is 4.90 Å². The molecular weight excluding hydrogens is 332 g/mol. The number of benzene rings is 2. The normalized spacial score (nSPS) is 16.0. The first-order valence-corrected chi connectivity index (χ1v) is 8.17. The maximum absolute atomic E-state index is 13.0. The van der Waals surface area contributed by atoms with Crippen molar-refractivity contribution in [1.82, 2.24) is 10.2 Å². The molecule has 1 atom stereocenters. The summed E-state index contributed by atoms with van der Waals surface area (Å²) in [5.74, 6) is -0.184. The molecule has 2 heterocycles. The van der Waals surface area contributed by atoms with Crippen molar-refractivity contribution in [3.05, 3.63) is 86.7 Å². The summed E-state index contributed by atoms with van der Waals surface area (Å²) in [6.45, 7) is 3.86. The van der Waals surface area contributed by atoms with Crippen LogP contribution in [0.5, 0.6) is 0 Å². The molecule has 0 unspecified atom stereocenters. The second kappa shape index (κ2) is 5.80. The Morgan fingerprint density at radius 3 is 2.35 bits per heavy atom. The molecule has 0 fully saturated rings. The van der Waals surface area contributed by atoms with E-state index < -0.39 is 4.92 Å². The third-order valence-corrected chi connectivity index (χ3v) is 4.68. The second-order valence-corrected chi connectivity index (χ2v) is 6.37. The van der Waals surface area contributed by atoms with Gasteiger partial charge in [0.15, 0.2) is 5.69 Å². The Morgan fingerprint density at radius 1 is 1.08 bits per heavy atom. The number of rotatable bonds is 3. The topological polar surface area (TPSA) is 92.1 Å². The highest BCUT2D eigenvalue weighted by Gasteiger charge is 2.42. The quantitative estimate of drug-likeness (QED) is 0.577. The third-order valence-electron chi connectivity index (χ3n) is 4.68. The van der Waals surface area contributed by atoms with E-state index in [1.165, 1.54) is 12.1 Å². The third kappa shape index (κ3) is 2.36. The lowest BCUT2D eigenvalue weighted by Crippen LogP contribution is -2.29. The number of aromatic amines is 1. The summed E-state index contributed by atoms with van der Waals surface area (Å²) in [5.41, 5.74) is 4.70. The SMILES string of the molecule is Cc1ccc(N2C(=O)c3n[nH]c(C)c3[C@@H]2c2ccc([N+](=O)[O-])cc2)cc1. The van der Waals surface area contributed by atoms with E-state index in [2.05, 4.69) is 10.2 Å². The second-order valence-electron chi connectivity index (χ2n) is 6.37. The van der Waals surface area contributed by atoms with Crippen LogP contribution in [0.25, 0.3) is 0 Å². The fourth-order valence-corrected chi connectivity index (χ4v) is 3.36. The Labute approximate surface area is 149 Å². The number of hydrogen-bond acceptors (Lipinski definition) is 4. The molecule has 0 spiro atoms. The number of aryl methyl sites for hydroxylation is 2. The molecule has 0 saturated carbocycles. The van der Waals surface area contributed by atoms with E-state index in [1.54, 1.807) is 17.0 Å². The Hall–Kier alpha value is -3.48. The van der Waals surface area contributed by atoms with E-state index in [1.807, 2.05) is 38.1 Å². The van der Waals surface area contributed by atoms with Crippen LogP contribution in [0.1, 0.15) is 38.9 Å². The number of aromatic nitrogens is 2. The van der Waals surface area contributed by atoms with Crippen LogP contribution >= 0.6 is 0 Å². The highest BCUT2D eigenvalue weighted by molar-refractivity contribution is 6.10. The monoisotopic (exact) mass is 348 g/mol. The number of hydrogen-bond donors (Lipinski definition) is 1. The van der Waals surface area contributed by atoms with Gasteiger partial charge in [-0.15, -0.1) is 0 Å². The van der Waals surface area contributed by atoms with E-state index in [-0.39, 0.29) is 17.6 Å². The number of carbonyl (C=O) groups excluding carboxylic acids is 1. The Bertz CT molecular complexity index is 1010. The summed E-state index contributed by atoms with van der Waals surface area (Å²) in [5, 5.41) is 18.0. The van der Waals surface area contributed by atoms with Crippen molar-refractivity contribution in [2.24, 2.45) is 0 Å². The number of nitro benzene ring substituents is 1. The molecule has 0 saturated heterocycles. The van der Waals surface area contributed by atoms with E-state index >= 15 is 0 Å². The maximum Gasteiger partial charge on any atom is 0.279 e. The Kier molecular flexibility index (Phi) is 3.57. The van der Waals surface area contributed by atoms with E-state index in [0.29, 0.717) is 5.69 Å². The fourth-order valence-electron chi connectivity index (χ4n) is 3.36. The smallest absolute Gasteiger partial charge is 0.279 e. The minimum absolute atomic E-state index is 0.0177. The summed E-state index contributed by atoms with van der Waals surface area (Å²) >= 11 is 0. The zero-order valence-corrected chi connectivity index (χ0v) is 14.3. The van der Waals surface area contributed by atoms with Gasteiger partial charge in [-0.1, -0.05) is 17.7 Å². The predicted octanol–water partition coefficient (Wildman–Crippen LogP) is 3.68. The number of non-ortho nitro benzene ring substituents is 1. The highest BCUT2D eigenvalue weighted by Crippen LogP contribution is 2.42. The molecule has 130 valence electrons. The molecule has 4 rings (SSSR count). The van der Waals surface area contributed by atoms with Crippen molar-refractivity contribution in [2.45, 2.75) is 19.9 Å². The number of anilines is 1. The van der Waals surface area contributed by atoms with Crippen molar-refractivity contribution in [3.8, 4) is 0 Å². The number of nitrogens with zero attached hydrogens (tertiary/aromatic N) is 3. The van der Waals surface area contributed by atoms with Gasteiger partial charge in [0.05, 0.1) is 11.0 Å². The van der Waals surface area contributed by atoms with Crippen LogP contribution in [-0.2, 0) is 0 Å². The lowest BCUT2D eigenvalue weighted by atomic mass is 9.98. The van der Waals surface area contributed by atoms with Crippen LogP contribution in [0, 0.1) is 24.0 Å². The maximum atomic E-state index is 13.0. The van der Waals surface area contributed by atoms with Crippen LogP contribution in [0.2, 0.25) is 0 Å². The van der Waals surface area contributed by atoms with Crippen molar-refractivity contribution < 1.29 is 9.72 Å². The van der Waals surface area contributed by atoms with Crippen molar-refractivity contribution in [2.75, 3.05) is 4.90 Å². The molecule has 26 heavy (non-hydrogen) atoms. The van der Waals surface area contributed by atoms with Gasteiger partial charge >= 0.3 is 0 Å². The standard InChI is InChI=1S/C19H16N4O3/c1-11-3-7-14(8-4-11)22-18(13-5-9-15(10-6-13)23(25)26)16-12(2)20-21-17(16)19(22)24/h3-10,18H,1-2H3,(H,20,21)/t18-/m0/s1. The van der Waals surface area contributed by atoms with Gasteiger partial charge in [0, 0.05) is 29.1 Å². The minimum atomic E-state index is -0.435. The van der Waals surface area contributed by atoms with Gasteiger partial charge in [0.2, 0.25) is 0 Å². The zero-order chi connectivity index (χ0) is 18.4. The van der Waals surface area contributed by atoms with E-state index in [9.17, 15) is 14.9 Å². The highest BCUT2D eigenvalue weighted by atomic mass is 16.6. The van der Waals surface area contributed by atoms with E-state index in [4.69, 9.17) is 0 Å². The average molecular weight is 348 g/mol. The Balaban J connectivity index is 1.86. The minimum Gasteiger partial charge on any atom is -0.295 e. The number of nitro groups is 1. The lowest BCUT2D eigenvalue weighted by molar-refractivity contribution is -0.384. The molecule has 1 N–H and O–H groups in total. The molecule has 0 aliphatic carbocycles. The number of amides is 1. The molecule has 2 aromatic carbocycles. The Morgan fingerprint density at radius 2 is 1.73 bits per heavy atom. The number of carbonyl (C=O) groups is 1. The molecule has 1 amide bonds. The summed E-state index contributed by atoms with van der Waals surface area (Å²) in [6.07, 6.45) is 0. The summed E-state index contributed by atoms with van der Waals surface area (Å²) in [6, 6.07) is 13.6. The van der Waals surface area contributed by atoms with Gasteiger partial charge in [-0.2, -0.15) is 5.10 Å². The average Bonchev–Trinajstić information content (AvgIpc) is 3.15. The van der Waals surface area contributed by atoms with Gasteiger partial charge in [-0.3, -0.25) is 24.9 Å². The molecule has 1 aromatic heterocycles. The lowest BCUT2D eigenvalue weighted by Gasteiger charge is -2.26. The zero-order valence-electron chi connectivity index (χ0n) is 14.3. The number of nitrogens with one attached hydrogen (secondary N) is 1. The van der Waals surface area contributed by atoms with Gasteiger partial charge < -0.3 is 0 Å². The number of H-pyrrole nitrogens is 1. The van der Waals surface area contributed by atoms with Gasteiger partial charge in [0.1, 0.15) is 0 Å². The van der Waals surface area contributed by atoms with Crippen molar-refractivity contribution in [3.63, 3.8) is 0 Å². The first-order chi connectivity index (χ1) is 12.5. The molecule has 7 heteroatoms. The first kappa shape index (κ1) is 16.0.